The summed E-state index contributed by atoms with van der Waals surface area (Å²) >= 11 is 0. The lowest BCUT2D eigenvalue weighted by molar-refractivity contribution is 0.335. The van der Waals surface area contributed by atoms with E-state index in [1.807, 2.05) is 6.07 Å². The molecule has 1 N–H and O–H groups in total. The second kappa shape index (κ2) is 6.70. The van der Waals surface area contributed by atoms with E-state index >= 15 is 0 Å². The normalized spacial score (nSPS) is 19.8. The number of hydrogen-bond acceptors (Lipinski definition) is 3. The van der Waals surface area contributed by atoms with Gasteiger partial charge >= 0.3 is 0 Å². The molecule has 1 heterocycles. The summed E-state index contributed by atoms with van der Waals surface area (Å²) in [6.07, 6.45) is 11.9. The Labute approximate surface area is 104 Å². The van der Waals surface area contributed by atoms with Crippen molar-refractivity contribution in [2.45, 2.75) is 58.0 Å². The zero-order valence-corrected chi connectivity index (χ0v) is 10.7. The molecule has 0 saturated heterocycles. The van der Waals surface area contributed by atoms with Crippen LogP contribution in [-0.2, 0) is 6.54 Å². The Morgan fingerprint density at radius 1 is 1.29 bits per heavy atom. The molecule has 1 atom stereocenters. The Hall–Kier alpha value is -0.960. The van der Waals surface area contributed by atoms with Crippen molar-refractivity contribution in [1.82, 2.24) is 15.3 Å². The zero-order chi connectivity index (χ0) is 11.9. The van der Waals surface area contributed by atoms with Crippen molar-refractivity contribution in [2.75, 3.05) is 0 Å². The molecule has 3 heteroatoms. The van der Waals surface area contributed by atoms with Crippen molar-refractivity contribution in [3.63, 3.8) is 0 Å². The van der Waals surface area contributed by atoms with Gasteiger partial charge in [0.15, 0.2) is 0 Å². The van der Waals surface area contributed by atoms with Crippen LogP contribution in [0.25, 0.3) is 0 Å². The highest BCUT2D eigenvalue weighted by Gasteiger charge is 2.18. The van der Waals surface area contributed by atoms with Gasteiger partial charge in [-0.1, -0.05) is 25.7 Å². The topological polar surface area (TPSA) is 37.8 Å². The fourth-order valence-corrected chi connectivity index (χ4v) is 2.67. The first-order valence-corrected chi connectivity index (χ1v) is 6.84. The monoisotopic (exact) mass is 233 g/mol. The molecule has 0 aromatic carbocycles. The Balaban J connectivity index is 1.78. The number of hydrogen-bond donors (Lipinski definition) is 1. The second-order valence-electron chi connectivity index (χ2n) is 5.12. The van der Waals surface area contributed by atoms with E-state index in [9.17, 15) is 0 Å². The average molecular weight is 233 g/mol. The molecule has 0 amide bonds. The third kappa shape index (κ3) is 4.08. The smallest absolute Gasteiger partial charge is 0.115 e. The van der Waals surface area contributed by atoms with Gasteiger partial charge in [-0.3, -0.25) is 0 Å². The molecule has 1 aromatic rings. The number of rotatable bonds is 4. The summed E-state index contributed by atoms with van der Waals surface area (Å²) in [6.45, 7) is 3.18. The minimum atomic E-state index is 0.600. The summed E-state index contributed by atoms with van der Waals surface area (Å²) in [6, 6.07) is 2.58. The molecule has 0 unspecified atom stereocenters. The average Bonchev–Trinajstić information content (AvgIpc) is 2.66. The number of nitrogens with one attached hydrogen (secondary N) is 1. The summed E-state index contributed by atoms with van der Waals surface area (Å²) in [5.41, 5.74) is 1.08. The van der Waals surface area contributed by atoms with E-state index in [0.717, 1.165) is 18.2 Å². The van der Waals surface area contributed by atoms with Crippen molar-refractivity contribution in [1.29, 1.82) is 0 Å². The Morgan fingerprint density at radius 2 is 2.06 bits per heavy atom. The van der Waals surface area contributed by atoms with Crippen LogP contribution in [0.2, 0.25) is 0 Å². The summed E-state index contributed by atoms with van der Waals surface area (Å²) in [4.78, 5) is 8.18. The highest BCUT2D eigenvalue weighted by Crippen LogP contribution is 2.25. The van der Waals surface area contributed by atoms with Gasteiger partial charge < -0.3 is 5.32 Å². The number of aromatic nitrogens is 2. The largest absolute Gasteiger partial charge is 0.308 e. The predicted octanol–water partition coefficient (Wildman–Crippen LogP) is 2.93. The van der Waals surface area contributed by atoms with Crippen LogP contribution >= 0.6 is 0 Å². The van der Waals surface area contributed by atoms with Crippen LogP contribution in [0.3, 0.4) is 0 Å². The van der Waals surface area contributed by atoms with E-state index < -0.39 is 0 Å². The summed E-state index contributed by atoms with van der Waals surface area (Å²) in [7, 11) is 0. The molecule has 2 rings (SSSR count). The Morgan fingerprint density at radius 3 is 2.71 bits per heavy atom. The first-order valence-electron chi connectivity index (χ1n) is 6.84. The Bertz CT molecular complexity index is 305. The SMILES string of the molecule is C[C@H](NCc1ccncn1)C1CCCCCC1. The van der Waals surface area contributed by atoms with Crippen LogP contribution in [0.4, 0.5) is 0 Å². The molecule has 0 bridgehead atoms. The van der Waals surface area contributed by atoms with Crippen LogP contribution in [0.5, 0.6) is 0 Å². The maximum atomic E-state index is 4.24. The predicted molar refractivity (Wildman–Crippen MR) is 69.5 cm³/mol. The van der Waals surface area contributed by atoms with Gasteiger partial charge in [0, 0.05) is 18.8 Å². The minimum Gasteiger partial charge on any atom is -0.308 e. The minimum absolute atomic E-state index is 0.600. The van der Waals surface area contributed by atoms with Crippen molar-refractivity contribution in [3.05, 3.63) is 24.3 Å². The van der Waals surface area contributed by atoms with E-state index in [1.54, 1.807) is 12.5 Å². The molecular weight excluding hydrogens is 210 g/mol. The van der Waals surface area contributed by atoms with Crippen molar-refractivity contribution in [2.24, 2.45) is 5.92 Å². The van der Waals surface area contributed by atoms with Gasteiger partial charge in [0.25, 0.3) is 0 Å². The molecule has 1 aromatic heterocycles. The maximum Gasteiger partial charge on any atom is 0.115 e. The molecule has 0 radical (unpaired) electrons. The lowest BCUT2D eigenvalue weighted by Gasteiger charge is -2.23. The fraction of sp³-hybridized carbons (Fsp3) is 0.714. The molecule has 0 aliphatic heterocycles. The molecule has 94 valence electrons. The van der Waals surface area contributed by atoms with Gasteiger partial charge in [-0.05, 0) is 31.7 Å². The van der Waals surface area contributed by atoms with E-state index in [-0.39, 0.29) is 0 Å². The third-order valence-electron chi connectivity index (χ3n) is 3.86. The van der Waals surface area contributed by atoms with E-state index in [4.69, 9.17) is 0 Å². The molecule has 1 fully saturated rings. The Kier molecular flexibility index (Phi) is 4.92. The van der Waals surface area contributed by atoms with Gasteiger partial charge in [-0.25, -0.2) is 9.97 Å². The summed E-state index contributed by atoms with van der Waals surface area (Å²) in [5.74, 6) is 0.847. The third-order valence-corrected chi connectivity index (χ3v) is 3.86. The lowest BCUT2D eigenvalue weighted by atomic mass is 9.93. The number of nitrogens with zero attached hydrogens (tertiary/aromatic N) is 2. The second-order valence-corrected chi connectivity index (χ2v) is 5.12. The fourth-order valence-electron chi connectivity index (χ4n) is 2.67. The summed E-state index contributed by atoms with van der Waals surface area (Å²) in [5, 5.41) is 3.61. The van der Waals surface area contributed by atoms with E-state index in [2.05, 4.69) is 22.2 Å². The molecule has 3 nitrogen and oxygen atoms in total. The van der Waals surface area contributed by atoms with Crippen molar-refractivity contribution >= 4 is 0 Å². The van der Waals surface area contributed by atoms with Crippen molar-refractivity contribution in [3.8, 4) is 0 Å². The van der Waals surface area contributed by atoms with Crippen LogP contribution in [-0.4, -0.2) is 16.0 Å². The van der Waals surface area contributed by atoms with Gasteiger partial charge in [-0.15, -0.1) is 0 Å². The van der Waals surface area contributed by atoms with Crippen LogP contribution in [0.1, 0.15) is 51.1 Å². The highest BCUT2D eigenvalue weighted by atomic mass is 14.9. The van der Waals surface area contributed by atoms with Gasteiger partial charge in [-0.2, -0.15) is 0 Å². The quantitative estimate of drug-likeness (QED) is 0.813. The molecule has 1 saturated carbocycles. The maximum absolute atomic E-state index is 4.24. The van der Waals surface area contributed by atoms with Crippen LogP contribution in [0, 0.1) is 5.92 Å². The zero-order valence-electron chi connectivity index (χ0n) is 10.7. The molecule has 17 heavy (non-hydrogen) atoms. The first kappa shape index (κ1) is 12.5. The molecule has 1 aliphatic rings. The molecule has 0 spiro atoms. The lowest BCUT2D eigenvalue weighted by Crippen LogP contribution is -2.33. The molecular formula is C14H23N3. The molecule has 1 aliphatic carbocycles. The summed E-state index contributed by atoms with van der Waals surface area (Å²) < 4.78 is 0. The van der Waals surface area contributed by atoms with Crippen molar-refractivity contribution < 1.29 is 0 Å². The van der Waals surface area contributed by atoms with Gasteiger partial charge in [0.05, 0.1) is 5.69 Å². The highest BCUT2D eigenvalue weighted by molar-refractivity contribution is 4.97. The standard InChI is InChI=1S/C14H23N3/c1-12(13-6-4-2-3-5-7-13)16-10-14-8-9-15-11-17-14/h8-9,11-13,16H,2-7,10H2,1H3/t12-/m0/s1. The van der Waals surface area contributed by atoms with Crippen LogP contribution < -0.4 is 5.32 Å². The van der Waals surface area contributed by atoms with Gasteiger partial charge in [0.2, 0.25) is 0 Å². The van der Waals surface area contributed by atoms with Gasteiger partial charge in [0.1, 0.15) is 6.33 Å². The van der Waals surface area contributed by atoms with Crippen LogP contribution in [0.15, 0.2) is 18.6 Å². The van der Waals surface area contributed by atoms with E-state index in [1.165, 1.54) is 38.5 Å². The van der Waals surface area contributed by atoms with E-state index in [0.29, 0.717) is 6.04 Å². The first-order chi connectivity index (χ1) is 8.36.